The molecule has 6 heteroatoms. The highest BCUT2D eigenvalue weighted by atomic mass is 32.2. The molecule has 0 heterocycles. The third-order valence-electron chi connectivity index (χ3n) is 4.79. The maximum atomic E-state index is 12.4. The van der Waals surface area contributed by atoms with Gasteiger partial charge in [-0.05, 0) is 51.2 Å². The van der Waals surface area contributed by atoms with Crippen molar-refractivity contribution in [2.75, 3.05) is 0 Å². The van der Waals surface area contributed by atoms with Crippen LogP contribution in [0.3, 0.4) is 0 Å². The number of rotatable bonds is 6. The SMILES string of the molecule is C=CCC[C@]1(C)/C(=N/NS(=O)(=O)c2ccc(C)cc2)CCC[C@@H]1O. The second-order valence-electron chi connectivity index (χ2n) is 6.62. The largest absolute Gasteiger partial charge is 0.392 e. The second-order valence-corrected chi connectivity index (χ2v) is 8.28. The van der Waals surface area contributed by atoms with E-state index in [9.17, 15) is 13.5 Å². The molecule has 1 aliphatic carbocycles. The zero-order valence-corrected chi connectivity index (χ0v) is 15.1. The Labute approximate surface area is 144 Å². The van der Waals surface area contributed by atoms with E-state index in [0.717, 1.165) is 18.4 Å². The van der Waals surface area contributed by atoms with Crippen molar-refractivity contribution in [3.8, 4) is 0 Å². The molecule has 1 aromatic carbocycles. The molecule has 0 spiro atoms. The van der Waals surface area contributed by atoms with Crippen LogP contribution in [0.1, 0.15) is 44.6 Å². The van der Waals surface area contributed by atoms with Gasteiger partial charge >= 0.3 is 0 Å². The molecule has 1 aromatic rings. The minimum absolute atomic E-state index is 0.182. The number of sulfonamides is 1. The molecule has 1 fully saturated rings. The first-order valence-corrected chi connectivity index (χ1v) is 9.72. The number of nitrogens with zero attached hydrogens (tertiary/aromatic N) is 1. The number of hydrogen-bond acceptors (Lipinski definition) is 4. The van der Waals surface area contributed by atoms with Gasteiger partial charge in [0.2, 0.25) is 0 Å². The summed E-state index contributed by atoms with van der Waals surface area (Å²) in [5.41, 5.74) is 1.17. The van der Waals surface area contributed by atoms with Crippen molar-refractivity contribution in [1.82, 2.24) is 4.83 Å². The number of hydrogen-bond donors (Lipinski definition) is 2. The summed E-state index contributed by atoms with van der Waals surface area (Å²) in [5.74, 6) is 0. The molecule has 2 atom stereocenters. The molecule has 1 saturated carbocycles. The Kier molecular flexibility index (Phi) is 5.83. The van der Waals surface area contributed by atoms with Crippen molar-refractivity contribution in [3.05, 3.63) is 42.5 Å². The minimum atomic E-state index is -3.70. The van der Waals surface area contributed by atoms with Crippen LogP contribution in [0.2, 0.25) is 0 Å². The van der Waals surface area contributed by atoms with Crippen LogP contribution in [0.25, 0.3) is 0 Å². The monoisotopic (exact) mass is 350 g/mol. The second kappa shape index (κ2) is 7.49. The normalized spacial score (nSPS) is 26.3. The van der Waals surface area contributed by atoms with Gasteiger partial charge in [-0.25, -0.2) is 4.83 Å². The Hall–Kier alpha value is -1.66. The van der Waals surface area contributed by atoms with Gasteiger partial charge in [-0.1, -0.05) is 30.7 Å². The van der Waals surface area contributed by atoms with Crippen molar-refractivity contribution in [2.45, 2.75) is 57.0 Å². The van der Waals surface area contributed by atoms with E-state index in [1.54, 1.807) is 30.3 Å². The molecule has 0 bridgehead atoms. The highest BCUT2D eigenvalue weighted by Crippen LogP contribution is 2.38. The van der Waals surface area contributed by atoms with Crippen molar-refractivity contribution >= 4 is 15.7 Å². The number of aliphatic hydroxyl groups excluding tert-OH is 1. The third kappa shape index (κ3) is 4.05. The molecule has 0 aromatic heterocycles. The van der Waals surface area contributed by atoms with Gasteiger partial charge in [-0.2, -0.15) is 13.5 Å². The maximum Gasteiger partial charge on any atom is 0.276 e. The number of aryl methyl sites for hydroxylation is 1. The molecular weight excluding hydrogens is 324 g/mol. The molecule has 0 amide bonds. The maximum absolute atomic E-state index is 12.4. The zero-order chi connectivity index (χ0) is 17.8. The van der Waals surface area contributed by atoms with Crippen LogP contribution in [-0.4, -0.2) is 25.3 Å². The smallest absolute Gasteiger partial charge is 0.276 e. The number of allylic oxidation sites excluding steroid dienone is 1. The van der Waals surface area contributed by atoms with Gasteiger partial charge in [-0.3, -0.25) is 0 Å². The van der Waals surface area contributed by atoms with E-state index in [2.05, 4.69) is 16.5 Å². The first-order valence-electron chi connectivity index (χ1n) is 8.24. The summed E-state index contributed by atoms with van der Waals surface area (Å²) in [6, 6.07) is 6.62. The number of nitrogens with one attached hydrogen (secondary N) is 1. The molecule has 1 aliphatic rings. The van der Waals surface area contributed by atoms with Crippen LogP contribution in [-0.2, 0) is 10.0 Å². The van der Waals surface area contributed by atoms with E-state index in [-0.39, 0.29) is 4.90 Å². The van der Waals surface area contributed by atoms with Crippen LogP contribution >= 0.6 is 0 Å². The molecule has 0 aliphatic heterocycles. The molecule has 5 nitrogen and oxygen atoms in total. The number of hydrazone groups is 1. The lowest BCUT2D eigenvalue weighted by molar-refractivity contribution is 0.0572. The average molecular weight is 350 g/mol. The lowest BCUT2D eigenvalue weighted by Gasteiger charge is -2.39. The number of benzene rings is 1. The molecule has 24 heavy (non-hydrogen) atoms. The highest BCUT2D eigenvalue weighted by molar-refractivity contribution is 7.89. The molecule has 2 rings (SSSR count). The topological polar surface area (TPSA) is 78.8 Å². The van der Waals surface area contributed by atoms with Crippen LogP contribution in [0, 0.1) is 12.3 Å². The van der Waals surface area contributed by atoms with Crippen LogP contribution in [0.4, 0.5) is 0 Å². The summed E-state index contributed by atoms with van der Waals surface area (Å²) >= 11 is 0. The summed E-state index contributed by atoms with van der Waals surface area (Å²) < 4.78 is 24.8. The Balaban J connectivity index is 2.24. The molecule has 0 unspecified atom stereocenters. The van der Waals surface area contributed by atoms with Gasteiger partial charge in [0.05, 0.1) is 11.0 Å². The van der Waals surface area contributed by atoms with Crippen LogP contribution in [0.5, 0.6) is 0 Å². The van der Waals surface area contributed by atoms with Gasteiger partial charge in [-0.15, -0.1) is 6.58 Å². The fourth-order valence-corrected chi connectivity index (χ4v) is 3.87. The molecule has 132 valence electrons. The van der Waals surface area contributed by atoms with E-state index in [1.807, 2.05) is 13.8 Å². The highest BCUT2D eigenvalue weighted by Gasteiger charge is 2.40. The van der Waals surface area contributed by atoms with Gasteiger partial charge in [0.1, 0.15) is 0 Å². The molecular formula is C18H26N2O3S. The van der Waals surface area contributed by atoms with Crippen molar-refractivity contribution in [3.63, 3.8) is 0 Å². The van der Waals surface area contributed by atoms with Crippen molar-refractivity contribution in [2.24, 2.45) is 10.5 Å². The lowest BCUT2D eigenvalue weighted by atomic mass is 9.69. The average Bonchev–Trinajstić information content (AvgIpc) is 2.55. The minimum Gasteiger partial charge on any atom is -0.392 e. The molecule has 0 saturated heterocycles. The van der Waals surface area contributed by atoms with E-state index >= 15 is 0 Å². The summed E-state index contributed by atoms with van der Waals surface area (Å²) in [5, 5.41) is 14.6. The predicted octanol–water partition coefficient (Wildman–Crippen LogP) is 3.15. The first kappa shape index (κ1) is 18.7. The predicted molar refractivity (Wildman–Crippen MR) is 96.3 cm³/mol. The van der Waals surface area contributed by atoms with E-state index in [4.69, 9.17) is 0 Å². The summed E-state index contributed by atoms with van der Waals surface area (Å²) in [7, 11) is -3.70. The Bertz CT molecular complexity index is 710. The summed E-state index contributed by atoms with van der Waals surface area (Å²) in [4.78, 5) is 2.52. The van der Waals surface area contributed by atoms with Crippen molar-refractivity contribution < 1.29 is 13.5 Å². The fraction of sp³-hybridized carbons (Fsp3) is 0.500. The fourth-order valence-electron chi connectivity index (χ4n) is 3.04. The molecule has 0 radical (unpaired) electrons. The van der Waals surface area contributed by atoms with E-state index in [0.29, 0.717) is 25.0 Å². The number of aliphatic hydroxyl groups is 1. The summed E-state index contributed by atoms with van der Waals surface area (Å²) in [6.07, 6.45) is 4.92. The van der Waals surface area contributed by atoms with E-state index < -0.39 is 21.5 Å². The molecule has 2 N–H and O–H groups in total. The Morgan fingerprint density at radius 3 is 2.71 bits per heavy atom. The summed E-state index contributed by atoms with van der Waals surface area (Å²) in [6.45, 7) is 7.57. The lowest BCUT2D eigenvalue weighted by Crippen LogP contribution is -2.44. The van der Waals surface area contributed by atoms with Gasteiger partial charge in [0, 0.05) is 11.1 Å². The van der Waals surface area contributed by atoms with Crippen molar-refractivity contribution in [1.29, 1.82) is 0 Å². The van der Waals surface area contributed by atoms with Gasteiger partial charge in [0.15, 0.2) is 0 Å². The van der Waals surface area contributed by atoms with Gasteiger partial charge in [0.25, 0.3) is 10.0 Å². The van der Waals surface area contributed by atoms with Crippen LogP contribution in [0.15, 0.2) is 46.9 Å². The van der Waals surface area contributed by atoms with Crippen LogP contribution < -0.4 is 4.83 Å². The first-order chi connectivity index (χ1) is 11.3. The standard InChI is InChI=1S/C18H26N2O3S/c1-4-5-13-18(3)16(7-6-8-17(18)21)19-20-24(22,23)15-11-9-14(2)10-12-15/h4,9-12,17,20-21H,1,5-8,13H2,2-3H3/b19-16+/t17-,18+/m0/s1. The van der Waals surface area contributed by atoms with E-state index in [1.165, 1.54) is 0 Å². The zero-order valence-electron chi connectivity index (χ0n) is 14.3. The van der Waals surface area contributed by atoms with Gasteiger partial charge < -0.3 is 5.11 Å². The Morgan fingerprint density at radius 1 is 1.42 bits per heavy atom. The third-order valence-corrected chi connectivity index (χ3v) is 6.01. The Morgan fingerprint density at radius 2 is 2.08 bits per heavy atom. The quantitative estimate of drug-likeness (QED) is 0.611.